The highest BCUT2D eigenvalue weighted by atomic mass is 16.9. The molecule has 0 aliphatic carbocycles. The molecular weight excluding hydrogens is 492 g/mol. The van der Waals surface area contributed by atoms with Gasteiger partial charge in [-0.15, -0.1) is 0 Å². The maximum atomic E-state index is 13.0. The van der Waals surface area contributed by atoms with Crippen LogP contribution in [0, 0.1) is 0 Å². The summed E-state index contributed by atoms with van der Waals surface area (Å²) in [5.41, 5.74) is 0.766. The van der Waals surface area contributed by atoms with Gasteiger partial charge in [0.15, 0.2) is 30.4 Å². The molecule has 0 aromatic heterocycles. The van der Waals surface area contributed by atoms with Crippen molar-refractivity contribution in [3.05, 3.63) is 108 Å². The van der Waals surface area contributed by atoms with Crippen molar-refractivity contribution in [2.24, 2.45) is 0 Å². The normalized spacial score (nSPS) is 23.4. The Bertz CT molecular complexity index is 1220. The average molecular weight is 519 g/mol. The third kappa shape index (κ3) is 5.60. The fourth-order valence-corrected chi connectivity index (χ4v) is 4.28. The number of fused-ring (bicyclic) bond motifs is 1. The second kappa shape index (κ2) is 10.7. The molecule has 0 radical (unpaired) electrons. The maximum Gasteiger partial charge on any atom is 0.341 e. The molecule has 9 nitrogen and oxygen atoms in total. The predicted octanol–water partition coefficient (Wildman–Crippen LogP) is 4.13. The molecule has 2 aliphatic rings. The minimum absolute atomic E-state index is 0.234. The number of carbonyl (C=O) groups excluding carboxylic acids is 3. The van der Waals surface area contributed by atoms with Crippen molar-refractivity contribution in [1.82, 2.24) is 0 Å². The lowest BCUT2D eigenvalue weighted by molar-refractivity contribution is -0.246. The molecule has 0 amide bonds. The molecule has 3 aromatic rings. The van der Waals surface area contributed by atoms with E-state index in [0.717, 1.165) is 0 Å². The van der Waals surface area contributed by atoms with Gasteiger partial charge in [0.1, 0.15) is 0 Å². The first-order valence-electron chi connectivity index (χ1n) is 12.1. The Hall–Kier alpha value is -4.05. The molecule has 2 heterocycles. The third-order valence-electron chi connectivity index (χ3n) is 6.01. The summed E-state index contributed by atoms with van der Waals surface area (Å²) < 4.78 is 34.9. The number of carbonyl (C=O) groups is 3. The largest absolute Gasteiger partial charge is 0.453 e. The first-order chi connectivity index (χ1) is 18.3. The Balaban J connectivity index is 1.45. The first kappa shape index (κ1) is 25.6. The topological polar surface area (TPSA) is 107 Å². The fraction of sp³-hybridized carbons (Fsp3) is 0.276. The summed E-state index contributed by atoms with van der Waals surface area (Å²) in [4.78, 5) is 39.0. The monoisotopic (exact) mass is 518 g/mol. The van der Waals surface area contributed by atoms with Crippen LogP contribution in [0.1, 0.15) is 44.9 Å². The van der Waals surface area contributed by atoms with Crippen LogP contribution in [0.25, 0.3) is 0 Å². The van der Waals surface area contributed by atoms with Gasteiger partial charge in [0, 0.05) is 0 Å². The number of hydrogen-bond donors (Lipinski definition) is 0. The van der Waals surface area contributed by atoms with Gasteiger partial charge >= 0.3 is 17.9 Å². The summed E-state index contributed by atoms with van der Waals surface area (Å²) in [5.74, 6) is -3.19. The van der Waals surface area contributed by atoms with Crippen LogP contribution in [0.5, 0.6) is 0 Å². The van der Waals surface area contributed by atoms with Gasteiger partial charge in [-0.05, 0) is 50.2 Å². The van der Waals surface area contributed by atoms with E-state index in [2.05, 4.69) is 0 Å². The van der Waals surface area contributed by atoms with Gasteiger partial charge in [-0.1, -0.05) is 54.6 Å². The van der Waals surface area contributed by atoms with Crippen LogP contribution in [-0.4, -0.2) is 54.6 Å². The van der Waals surface area contributed by atoms with Gasteiger partial charge in [-0.3, -0.25) is 0 Å². The summed E-state index contributed by atoms with van der Waals surface area (Å²) in [6.07, 6.45) is -5.79. The van der Waals surface area contributed by atoms with E-state index < -0.39 is 54.6 Å². The molecule has 4 atom stereocenters. The van der Waals surface area contributed by atoms with E-state index in [4.69, 9.17) is 28.4 Å². The zero-order chi connectivity index (χ0) is 26.7. The lowest BCUT2D eigenvalue weighted by Gasteiger charge is -2.30. The molecule has 0 bridgehead atoms. The van der Waals surface area contributed by atoms with Gasteiger partial charge in [0.25, 0.3) is 6.29 Å². The van der Waals surface area contributed by atoms with E-state index in [1.807, 2.05) is 0 Å². The molecule has 2 fully saturated rings. The molecule has 38 heavy (non-hydrogen) atoms. The predicted molar refractivity (Wildman–Crippen MR) is 132 cm³/mol. The molecule has 3 aromatic carbocycles. The number of rotatable bonds is 7. The van der Waals surface area contributed by atoms with Gasteiger partial charge in [0.05, 0.1) is 16.7 Å². The molecule has 5 rings (SSSR count). The van der Waals surface area contributed by atoms with Crippen LogP contribution in [0.2, 0.25) is 0 Å². The van der Waals surface area contributed by atoms with Gasteiger partial charge in [-0.25, -0.2) is 14.4 Å². The van der Waals surface area contributed by atoms with E-state index in [-0.39, 0.29) is 11.1 Å². The highest BCUT2D eigenvalue weighted by Crippen LogP contribution is 2.41. The van der Waals surface area contributed by atoms with Crippen molar-refractivity contribution >= 4 is 17.9 Å². The number of hydrogen-bond acceptors (Lipinski definition) is 9. The van der Waals surface area contributed by atoms with Crippen molar-refractivity contribution in [2.75, 3.05) is 0 Å². The van der Waals surface area contributed by atoms with Crippen molar-refractivity contribution < 1.29 is 42.8 Å². The highest BCUT2D eigenvalue weighted by Gasteiger charge is 2.60. The Morgan fingerprint density at radius 2 is 1.13 bits per heavy atom. The summed E-state index contributed by atoms with van der Waals surface area (Å²) in [6, 6.07) is 24.8. The zero-order valence-electron chi connectivity index (χ0n) is 20.7. The minimum atomic E-state index is -1.59. The summed E-state index contributed by atoms with van der Waals surface area (Å²) in [6.45, 7) is 3.39. The van der Waals surface area contributed by atoms with E-state index in [1.165, 1.54) is 0 Å². The Morgan fingerprint density at radius 1 is 0.684 bits per heavy atom. The van der Waals surface area contributed by atoms with Crippen molar-refractivity contribution in [3.8, 4) is 0 Å². The molecule has 0 spiro atoms. The molecule has 0 saturated carbocycles. The molecule has 0 N–H and O–H groups in total. The fourth-order valence-electron chi connectivity index (χ4n) is 4.28. The minimum Gasteiger partial charge on any atom is -0.453 e. The molecule has 2 saturated heterocycles. The second-order valence-electron chi connectivity index (χ2n) is 9.22. The van der Waals surface area contributed by atoms with E-state index >= 15 is 0 Å². The quantitative estimate of drug-likeness (QED) is 0.337. The van der Waals surface area contributed by atoms with Gasteiger partial charge < -0.3 is 28.4 Å². The van der Waals surface area contributed by atoms with Crippen LogP contribution in [0.15, 0.2) is 91.0 Å². The van der Waals surface area contributed by atoms with Crippen LogP contribution in [0.3, 0.4) is 0 Å². The number of benzene rings is 3. The van der Waals surface area contributed by atoms with Crippen molar-refractivity contribution in [2.45, 2.75) is 50.5 Å². The highest BCUT2D eigenvalue weighted by molar-refractivity contribution is 5.91. The third-order valence-corrected chi connectivity index (χ3v) is 6.01. The smallest absolute Gasteiger partial charge is 0.341 e. The SMILES string of the molecule is CC1(C)O[C@H]2O[C@@H](C(OC(=O)c3ccccc3)OC(=O)c3ccccc3)[C@H](OC(=O)c3ccccc3)[C@@H]2O1. The molecule has 0 unspecified atom stereocenters. The number of ether oxygens (including phenoxy) is 6. The van der Waals surface area contributed by atoms with Gasteiger partial charge in [-0.2, -0.15) is 0 Å². The average Bonchev–Trinajstić information content (AvgIpc) is 3.41. The lowest BCUT2D eigenvalue weighted by Crippen LogP contribution is -2.47. The zero-order valence-corrected chi connectivity index (χ0v) is 20.7. The molecular formula is C29H26O9. The van der Waals surface area contributed by atoms with Gasteiger partial charge in [0.2, 0.25) is 0 Å². The second-order valence-corrected chi connectivity index (χ2v) is 9.22. The molecule has 196 valence electrons. The maximum absolute atomic E-state index is 13.0. The standard InChI is InChI=1S/C29H26O9/c1-29(2)37-23-21(33-24(30)18-12-6-3-7-13-18)22(34-28(23)38-29)27(35-25(31)19-14-8-4-9-15-19)36-26(32)20-16-10-5-11-17-20/h3-17,21-23,27-28H,1-2H3/t21-,22+,23-,28+/m0/s1. The van der Waals surface area contributed by atoms with Crippen molar-refractivity contribution in [1.29, 1.82) is 0 Å². The van der Waals surface area contributed by atoms with E-state index in [9.17, 15) is 14.4 Å². The van der Waals surface area contributed by atoms with Crippen LogP contribution >= 0.6 is 0 Å². The molecule has 9 heteroatoms. The summed E-state index contributed by atoms with van der Waals surface area (Å²) in [7, 11) is 0. The number of esters is 3. The lowest BCUT2D eigenvalue weighted by atomic mass is 10.1. The van der Waals surface area contributed by atoms with Crippen LogP contribution in [-0.2, 0) is 28.4 Å². The first-order valence-corrected chi connectivity index (χ1v) is 12.1. The summed E-state index contributed by atoms with van der Waals surface area (Å²) in [5, 5.41) is 0. The van der Waals surface area contributed by atoms with Crippen LogP contribution < -0.4 is 0 Å². The Morgan fingerprint density at radius 3 is 1.61 bits per heavy atom. The van der Waals surface area contributed by atoms with Crippen LogP contribution in [0.4, 0.5) is 0 Å². The Kier molecular flexibility index (Phi) is 7.24. The van der Waals surface area contributed by atoms with E-state index in [1.54, 1.807) is 105 Å². The van der Waals surface area contributed by atoms with E-state index in [0.29, 0.717) is 5.56 Å². The molecule has 2 aliphatic heterocycles. The Labute approximate surface area is 219 Å². The summed E-state index contributed by atoms with van der Waals surface area (Å²) >= 11 is 0. The van der Waals surface area contributed by atoms with Crippen molar-refractivity contribution in [3.63, 3.8) is 0 Å².